The highest BCUT2D eigenvalue weighted by Gasteiger charge is 2.35. The maximum Gasteiger partial charge on any atom is 0.306 e. The van der Waals surface area contributed by atoms with Crippen molar-refractivity contribution in [2.45, 2.75) is 39.3 Å². The second-order valence-corrected chi connectivity index (χ2v) is 6.73. The van der Waals surface area contributed by atoms with Crippen molar-refractivity contribution < 1.29 is 14.3 Å². The lowest BCUT2D eigenvalue weighted by molar-refractivity contribution is -0.145. The summed E-state index contributed by atoms with van der Waals surface area (Å²) in [7, 11) is 1.33. The Bertz CT molecular complexity index is 785. The van der Waals surface area contributed by atoms with Crippen molar-refractivity contribution in [3.63, 3.8) is 0 Å². The van der Waals surface area contributed by atoms with Crippen molar-refractivity contribution in [2.75, 3.05) is 13.7 Å². The molecular formula is C19H24N4O3. The predicted octanol–water partition coefficient (Wildman–Crippen LogP) is 2.44. The molecule has 0 saturated heterocycles. The first-order valence-electron chi connectivity index (χ1n) is 8.87. The van der Waals surface area contributed by atoms with E-state index in [1.807, 2.05) is 39.9 Å². The first-order valence-corrected chi connectivity index (χ1v) is 8.87. The molecule has 1 amide bonds. The van der Waals surface area contributed by atoms with Crippen LogP contribution >= 0.6 is 0 Å². The Morgan fingerprint density at radius 2 is 1.92 bits per heavy atom. The topological polar surface area (TPSA) is 77.3 Å². The highest BCUT2D eigenvalue weighted by atomic mass is 16.5. The molecule has 138 valence electrons. The van der Waals surface area contributed by atoms with Gasteiger partial charge in [0.25, 0.3) is 0 Å². The van der Waals surface area contributed by atoms with Crippen LogP contribution in [0.2, 0.25) is 0 Å². The highest BCUT2D eigenvalue weighted by Crippen LogP contribution is 2.32. The molecule has 0 N–H and O–H groups in total. The van der Waals surface area contributed by atoms with Crippen LogP contribution in [0.15, 0.2) is 30.3 Å². The molecule has 1 atom stereocenters. The first kappa shape index (κ1) is 18.1. The molecule has 1 aromatic carbocycles. The summed E-state index contributed by atoms with van der Waals surface area (Å²) in [6.45, 7) is 5.30. The van der Waals surface area contributed by atoms with Crippen molar-refractivity contribution in [1.29, 1.82) is 0 Å². The third kappa shape index (κ3) is 3.61. The molecule has 2 aromatic rings. The van der Waals surface area contributed by atoms with Gasteiger partial charge in [0.2, 0.25) is 5.91 Å². The fourth-order valence-electron chi connectivity index (χ4n) is 3.32. The number of amides is 1. The number of methoxy groups -OCH3 is 1. The molecule has 1 aliphatic heterocycles. The molecule has 1 aliphatic rings. The molecule has 3 rings (SSSR count). The Balaban J connectivity index is 1.85. The summed E-state index contributed by atoms with van der Waals surface area (Å²) in [6, 6.07) is 9.67. The van der Waals surface area contributed by atoms with Gasteiger partial charge in [0.1, 0.15) is 0 Å². The minimum absolute atomic E-state index is 0.0513. The van der Waals surface area contributed by atoms with Crippen molar-refractivity contribution in [2.24, 2.45) is 5.92 Å². The predicted molar refractivity (Wildman–Crippen MR) is 96.0 cm³/mol. The molecule has 0 fully saturated rings. The van der Waals surface area contributed by atoms with Crippen LogP contribution in [0.3, 0.4) is 0 Å². The van der Waals surface area contributed by atoms with E-state index in [0.29, 0.717) is 18.9 Å². The monoisotopic (exact) mass is 356 g/mol. The number of aromatic nitrogens is 3. The number of nitrogens with zero attached hydrogens (tertiary/aromatic N) is 4. The van der Waals surface area contributed by atoms with Crippen molar-refractivity contribution in [3.05, 3.63) is 36.2 Å². The van der Waals surface area contributed by atoms with Crippen molar-refractivity contribution in [1.82, 2.24) is 19.7 Å². The molecule has 0 unspecified atom stereocenters. The summed E-state index contributed by atoms with van der Waals surface area (Å²) >= 11 is 0. The number of hydrogen-bond donors (Lipinski definition) is 0. The van der Waals surface area contributed by atoms with E-state index in [1.54, 1.807) is 0 Å². The van der Waals surface area contributed by atoms with Crippen LogP contribution < -0.4 is 0 Å². The average Bonchev–Trinajstić information content (AvgIpc) is 3.09. The van der Waals surface area contributed by atoms with Crippen LogP contribution in [0.25, 0.3) is 11.4 Å². The largest absolute Gasteiger partial charge is 0.469 e. The van der Waals surface area contributed by atoms with Gasteiger partial charge in [0.15, 0.2) is 11.6 Å². The SMILES string of the molecule is COC(=O)CCC(=O)N1CCn2nc(-c3ccccc3)nc2[C@@H]1C(C)C. The molecule has 0 spiro atoms. The fraction of sp³-hybridized carbons (Fsp3) is 0.474. The van der Waals surface area contributed by atoms with E-state index in [1.165, 1.54) is 7.11 Å². The molecule has 2 heterocycles. The number of hydrogen-bond acceptors (Lipinski definition) is 5. The lowest BCUT2D eigenvalue weighted by Gasteiger charge is -2.37. The number of carbonyl (C=O) groups excluding carboxylic acids is 2. The lowest BCUT2D eigenvalue weighted by Crippen LogP contribution is -2.44. The molecule has 7 nitrogen and oxygen atoms in total. The second-order valence-electron chi connectivity index (χ2n) is 6.73. The average molecular weight is 356 g/mol. The summed E-state index contributed by atoms with van der Waals surface area (Å²) in [5.41, 5.74) is 0.959. The molecule has 7 heteroatoms. The van der Waals surface area contributed by atoms with Gasteiger partial charge in [-0.2, -0.15) is 5.10 Å². The van der Waals surface area contributed by atoms with Gasteiger partial charge in [0, 0.05) is 18.5 Å². The van der Waals surface area contributed by atoms with Gasteiger partial charge in [-0.3, -0.25) is 9.59 Å². The van der Waals surface area contributed by atoms with E-state index in [2.05, 4.69) is 23.7 Å². The Kier molecular flexibility index (Phi) is 5.35. The quantitative estimate of drug-likeness (QED) is 0.769. The third-order valence-corrected chi connectivity index (χ3v) is 4.61. The van der Waals surface area contributed by atoms with E-state index >= 15 is 0 Å². The van der Waals surface area contributed by atoms with Gasteiger partial charge in [-0.15, -0.1) is 0 Å². The Labute approximate surface area is 153 Å². The number of benzene rings is 1. The summed E-state index contributed by atoms with van der Waals surface area (Å²) in [6.07, 6.45) is 0.244. The maximum atomic E-state index is 12.7. The van der Waals surface area contributed by atoms with Gasteiger partial charge in [0.05, 0.1) is 26.1 Å². The molecular weight excluding hydrogens is 332 g/mol. The summed E-state index contributed by atoms with van der Waals surface area (Å²) in [5.74, 6) is 1.24. The molecule has 1 aromatic heterocycles. The van der Waals surface area contributed by atoms with E-state index in [9.17, 15) is 9.59 Å². The smallest absolute Gasteiger partial charge is 0.306 e. The zero-order valence-corrected chi connectivity index (χ0v) is 15.4. The van der Waals surface area contributed by atoms with Gasteiger partial charge < -0.3 is 9.64 Å². The normalized spacial score (nSPS) is 16.5. The lowest BCUT2D eigenvalue weighted by atomic mass is 9.99. The van der Waals surface area contributed by atoms with Gasteiger partial charge in [-0.1, -0.05) is 44.2 Å². The molecule has 0 aliphatic carbocycles. The van der Waals surface area contributed by atoms with Crippen LogP contribution in [-0.4, -0.2) is 45.2 Å². The van der Waals surface area contributed by atoms with Crippen LogP contribution in [-0.2, 0) is 20.9 Å². The molecule has 0 radical (unpaired) electrons. The van der Waals surface area contributed by atoms with Gasteiger partial charge in [-0.05, 0) is 5.92 Å². The van der Waals surface area contributed by atoms with Crippen LogP contribution in [0.1, 0.15) is 38.6 Å². The Hall–Kier alpha value is -2.70. The first-order chi connectivity index (χ1) is 12.5. The highest BCUT2D eigenvalue weighted by molar-refractivity contribution is 5.81. The number of ether oxygens (including phenoxy) is 1. The van der Waals surface area contributed by atoms with Gasteiger partial charge >= 0.3 is 5.97 Å². The van der Waals surface area contributed by atoms with Crippen molar-refractivity contribution >= 4 is 11.9 Å². The minimum Gasteiger partial charge on any atom is -0.469 e. The van der Waals surface area contributed by atoms with Crippen LogP contribution in [0, 0.1) is 5.92 Å². The number of esters is 1. The molecule has 26 heavy (non-hydrogen) atoms. The standard InChI is InChI=1S/C19H24N4O3/c1-13(2)17-19-20-18(14-7-5-4-6-8-14)21-23(19)12-11-22(17)15(24)9-10-16(25)26-3/h4-8,13,17H,9-12H2,1-3H3/t17-/m0/s1. The Morgan fingerprint density at radius 3 is 2.58 bits per heavy atom. The summed E-state index contributed by atoms with van der Waals surface area (Å²) in [4.78, 5) is 30.6. The number of carbonyl (C=O) groups is 2. The molecule has 0 saturated carbocycles. The summed E-state index contributed by atoms with van der Waals surface area (Å²) < 4.78 is 6.53. The molecule has 0 bridgehead atoms. The second kappa shape index (κ2) is 7.68. The van der Waals surface area contributed by atoms with E-state index < -0.39 is 0 Å². The van der Waals surface area contributed by atoms with Crippen LogP contribution in [0.4, 0.5) is 0 Å². The number of fused-ring (bicyclic) bond motifs is 1. The maximum absolute atomic E-state index is 12.7. The zero-order chi connectivity index (χ0) is 18.7. The summed E-state index contributed by atoms with van der Waals surface area (Å²) in [5, 5.41) is 4.63. The van der Waals surface area contributed by atoms with E-state index in [-0.39, 0.29) is 36.7 Å². The number of rotatable bonds is 5. The fourth-order valence-corrected chi connectivity index (χ4v) is 3.32. The van der Waals surface area contributed by atoms with E-state index in [4.69, 9.17) is 4.98 Å². The minimum atomic E-state index is -0.369. The van der Waals surface area contributed by atoms with Crippen molar-refractivity contribution in [3.8, 4) is 11.4 Å². The third-order valence-electron chi connectivity index (χ3n) is 4.61. The van der Waals surface area contributed by atoms with Gasteiger partial charge in [-0.25, -0.2) is 9.67 Å². The zero-order valence-electron chi connectivity index (χ0n) is 15.4. The van der Waals surface area contributed by atoms with Crippen LogP contribution in [0.5, 0.6) is 0 Å². The Morgan fingerprint density at radius 1 is 1.19 bits per heavy atom. The van der Waals surface area contributed by atoms with E-state index in [0.717, 1.165) is 11.4 Å².